The van der Waals surface area contributed by atoms with Gasteiger partial charge in [-0.3, -0.25) is 10.1 Å². The first-order valence-electron chi connectivity index (χ1n) is 7.31. The summed E-state index contributed by atoms with van der Waals surface area (Å²) in [5.74, 6) is 0. The quantitative estimate of drug-likeness (QED) is 0.526. The zero-order valence-electron chi connectivity index (χ0n) is 13.2. The lowest BCUT2D eigenvalue weighted by Crippen LogP contribution is -2.13. The van der Waals surface area contributed by atoms with Gasteiger partial charge in [0.05, 0.1) is 4.92 Å². The van der Waals surface area contributed by atoms with Gasteiger partial charge in [0, 0.05) is 26.9 Å². The van der Waals surface area contributed by atoms with Crippen molar-refractivity contribution in [1.82, 2.24) is 4.90 Å². The third-order valence-electron chi connectivity index (χ3n) is 3.35. The minimum absolute atomic E-state index is 0.144. The Morgan fingerprint density at radius 1 is 1.17 bits per heavy atom. The van der Waals surface area contributed by atoms with Crippen LogP contribution in [0.3, 0.4) is 0 Å². The number of hydrogen-bond acceptors (Lipinski definition) is 4. The van der Waals surface area contributed by atoms with E-state index < -0.39 is 0 Å². The van der Waals surface area contributed by atoms with Gasteiger partial charge in [-0.15, -0.1) is 0 Å². The Bertz CT molecular complexity index is 675. The van der Waals surface area contributed by atoms with E-state index in [0.29, 0.717) is 5.02 Å². The molecule has 0 aliphatic carbocycles. The number of benzene rings is 2. The Hall–Kier alpha value is -1.56. The van der Waals surface area contributed by atoms with Crippen LogP contribution in [0.25, 0.3) is 0 Å². The normalized spacial score (nSPS) is 11.0. The van der Waals surface area contributed by atoms with Crippen molar-refractivity contribution in [2.24, 2.45) is 0 Å². The molecule has 0 aromatic heterocycles. The van der Waals surface area contributed by atoms with Crippen LogP contribution in [0.1, 0.15) is 12.0 Å². The predicted molar refractivity (Wildman–Crippen MR) is 95.5 cm³/mol. The maximum Gasteiger partial charge on any atom is 0.269 e. The molecule has 0 aliphatic rings. The molecule has 0 aliphatic heterocycles. The van der Waals surface area contributed by atoms with E-state index in [4.69, 9.17) is 11.6 Å². The molecule has 122 valence electrons. The molecule has 0 fully saturated rings. The summed E-state index contributed by atoms with van der Waals surface area (Å²) in [5, 5.41) is 11.7. The Morgan fingerprint density at radius 3 is 2.48 bits per heavy atom. The van der Waals surface area contributed by atoms with Crippen LogP contribution in [-0.4, -0.2) is 30.5 Å². The van der Waals surface area contributed by atoms with Gasteiger partial charge in [0.1, 0.15) is 0 Å². The Kier molecular flexibility index (Phi) is 6.45. The van der Waals surface area contributed by atoms with Gasteiger partial charge in [-0.25, -0.2) is 0 Å². The lowest BCUT2D eigenvalue weighted by Gasteiger charge is -2.12. The Labute approximate surface area is 145 Å². The third-order valence-corrected chi connectivity index (χ3v) is 4.73. The number of non-ortho nitro benzene ring substituents is 1. The molecule has 0 radical (unpaired) electrons. The molecule has 0 bridgehead atoms. The van der Waals surface area contributed by atoms with Gasteiger partial charge in [-0.1, -0.05) is 23.4 Å². The maximum absolute atomic E-state index is 11.0. The lowest BCUT2D eigenvalue weighted by molar-refractivity contribution is -0.385. The minimum atomic E-state index is -0.341. The van der Waals surface area contributed by atoms with Crippen LogP contribution in [0, 0.1) is 10.1 Å². The van der Waals surface area contributed by atoms with E-state index in [2.05, 4.69) is 4.90 Å². The molecule has 0 saturated carbocycles. The molecule has 0 N–H and O–H groups in total. The molecule has 0 amide bonds. The first kappa shape index (κ1) is 17.8. The molecule has 2 rings (SSSR count). The topological polar surface area (TPSA) is 46.4 Å². The van der Waals surface area contributed by atoms with Gasteiger partial charge in [0.25, 0.3) is 5.69 Å². The van der Waals surface area contributed by atoms with Crippen LogP contribution in [0.2, 0.25) is 5.02 Å². The summed E-state index contributed by atoms with van der Waals surface area (Å²) >= 11 is 7.52. The molecular formula is C17H19ClN2O2S. The molecule has 23 heavy (non-hydrogen) atoms. The number of nitro groups is 1. The van der Waals surface area contributed by atoms with E-state index in [1.54, 1.807) is 23.9 Å². The van der Waals surface area contributed by atoms with Gasteiger partial charge in [0.15, 0.2) is 0 Å². The van der Waals surface area contributed by atoms with Gasteiger partial charge in [-0.2, -0.15) is 0 Å². The summed E-state index contributed by atoms with van der Waals surface area (Å²) in [6.45, 7) is 0.952. The highest BCUT2D eigenvalue weighted by atomic mass is 35.5. The van der Waals surface area contributed by atoms with Crippen molar-refractivity contribution >= 4 is 29.1 Å². The first-order chi connectivity index (χ1) is 11.0. The summed E-state index contributed by atoms with van der Waals surface area (Å²) in [4.78, 5) is 14.9. The monoisotopic (exact) mass is 350 g/mol. The number of rotatable bonds is 7. The number of halogens is 1. The molecule has 2 aromatic rings. The summed E-state index contributed by atoms with van der Waals surface area (Å²) in [6, 6.07) is 12.7. The number of hydrogen-bond donors (Lipinski definition) is 0. The van der Waals surface area contributed by atoms with Crippen molar-refractivity contribution < 1.29 is 4.92 Å². The van der Waals surface area contributed by atoms with Crippen LogP contribution < -0.4 is 0 Å². The molecule has 0 atom stereocenters. The summed E-state index contributed by atoms with van der Waals surface area (Å²) in [5.41, 5.74) is 1.16. The second kappa shape index (κ2) is 8.34. The van der Waals surface area contributed by atoms with Crippen molar-refractivity contribution in [3.05, 3.63) is 63.2 Å². The molecule has 0 spiro atoms. The second-order valence-electron chi connectivity index (χ2n) is 5.51. The SMILES string of the molecule is CN(C)CCCc1cc([N+](=O)[O-])ccc1Sc1ccc(Cl)cc1. The smallest absolute Gasteiger partial charge is 0.269 e. The largest absolute Gasteiger partial charge is 0.309 e. The van der Waals surface area contributed by atoms with Crippen LogP contribution in [0.5, 0.6) is 0 Å². The van der Waals surface area contributed by atoms with Gasteiger partial charge in [0.2, 0.25) is 0 Å². The van der Waals surface area contributed by atoms with E-state index in [1.807, 2.05) is 44.4 Å². The maximum atomic E-state index is 11.0. The third kappa shape index (κ3) is 5.53. The van der Waals surface area contributed by atoms with E-state index in [1.165, 1.54) is 0 Å². The zero-order chi connectivity index (χ0) is 16.8. The number of nitrogens with zero attached hydrogens (tertiary/aromatic N) is 2. The fraction of sp³-hybridized carbons (Fsp3) is 0.294. The molecule has 2 aromatic carbocycles. The summed E-state index contributed by atoms with van der Waals surface area (Å²) < 4.78 is 0. The van der Waals surface area contributed by atoms with Crippen molar-refractivity contribution in [3.8, 4) is 0 Å². The van der Waals surface area contributed by atoms with Crippen LogP contribution >= 0.6 is 23.4 Å². The second-order valence-corrected chi connectivity index (χ2v) is 7.06. The average Bonchev–Trinajstić information content (AvgIpc) is 2.50. The van der Waals surface area contributed by atoms with Crippen LogP contribution in [0.4, 0.5) is 5.69 Å². The molecule has 0 saturated heterocycles. The first-order valence-corrected chi connectivity index (χ1v) is 8.50. The van der Waals surface area contributed by atoms with Crippen molar-refractivity contribution in [1.29, 1.82) is 0 Å². The van der Waals surface area contributed by atoms with Crippen LogP contribution in [0.15, 0.2) is 52.3 Å². The van der Waals surface area contributed by atoms with E-state index in [9.17, 15) is 10.1 Å². The fourth-order valence-electron chi connectivity index (χ4n) is 2.19. The standard InChI is InChI=1S/C17H19ClN2O2S/c1-19(2)11-3-4-13-12-15(20(21)22)7-10-17(13)23-16-8-5-14(18)6-9-16/h5-10,12H,3-4,11H2,1-2H3. The van der Waals surface area contributed by atoms with Gasteiger partial charge < -0.3 is 4.90 Å². The number of nitro benzene ring substituents is 1. The highest BCUT2D eigenvalue weighted by Crippen LogP contribution is 2.33. The summed E-state index contributed by atoms with van der Waals surface area (Å²) in [7, 11) is 4.05. The van der Waals surface area contributed by atoms with E-state index in [0.717, 1.165) is 34.7 Å². The fourth-order valence-corrected chi connectivity index (χ4v) is 3.27. The number of aryl methyl sites for hydroxylation is 1. The zero-order valence-corrected chi connectivity index (χ0v) is 14.7. The Balaban J connectivity index is 2.21. The van der Waals surface area contributed by atoms with E-state index >= 15 is 0 Å². The molecule has 6 heteroatoms. The lowest BCUT2D eigenvalue weighted by atomic mass is 10.1. The minimum Gasteiger partial charge on any atom is -0.309 e. The Morgan fingerprint density at radius 2 is 1.87 bits per heavy atom. The van der Waals surface area contributed by atoms with Crippen LogP contribution in [-0.2, 0) is 6.42 Å². The molecule has 0 unspecified atom stereocenters. The van der Waals surface area contributed by atoms with Crippen molar-refractivity contribution in [3.63, 3.8) is 0 Å². The van der Waals surface area contributed by atoms with E-state index in [-0.39, 0.29) is 10.6 Å². The van der Waals surface area contributed by atoms with Gasteiger partial charge in [-0.05, 0) is 69.4 Å². The predicted octanol–water partition coefficient (Wildman–Crippen LogP) is 4.89. The molecule has 0 heterocycles. The van der Waals surface area contributed by atoms with Crippen molar-refractivity contribution in [2.75, 3.05) is 20.6 Å². The highest BCUT2D eigenvalue weighted by molar-refractivity contribution is 7.99. The van der Waals surface area contributed by atoms with Gasteiger partial charge >= 0.3 is 0 Å². The highest BCUT2D eigenvalue weighted by Gasteiger charge is 2.12. The average molecular weight is 351 g/mol. The summed E-state index contributed by atoms with van der Waals surface area (Å²) in [6.07, 6.45) is 1.78. The van der Waals surface area contributed by atoms with Crippen molar-refractivity contribution in [2.45, 2.75) is 22.6 Å². The molecule has 4 nitrogen and oxygen atoms in total. The molecular weight excluding hydrogens is 332 g/mol.